The van der Waals surface area contributed by atoms with Crippen molar-refractivity contribution in [3.05, 3.63) is 65.5 Å². The maximum Gasteiger partial charge on any atom is 0.240 e. The molecule has 0 atom stereocenters. The zero-order chi connectivity index (χ0) is 21.8. The van der Waals surface area contributed by atoms with Crippen LogP contribution in [0.3, 0.4) is 0 Å². The van der Waals surface area contributed by atoms with Crippen molar-refractivity contribution in [1.29, 1.82) is 0 Å². The Labute approximate surface area is 177 Å². The van der Waals surface area contributed by atoms with Gasteiger partial charge in [-0.25, -0.2) is 22.5 Å². The molecule has 164 valence electrons. The van der Waals surface area contributed by atoms with Crippen LogP contribution >= 0.6 is 0 Å². The summed E-state index contributed by atoms with van der Waals surface area (Å²) in [6.07, 6.45) is 0.526. The fraction of sp³-hybridized carbons (Fsp3) is 0.381. The SMILES string of the molecule is CCNC(=NCc1cccc(S(=O)(=O)NCCOC)c1)NCCc1ccccc1F. The van der Waals surface area contributed by atoms with E-state index in [2.05, 4.69) is 20.3 Å². The van der Waals surface area contributed by atoms with Gasteiger partial charge in [0, 0.05) is 26.7 Å². The molecule has 0 aliphatic rings. The van der Waals surface area contributed by atoms with Gasteiger partial charge in [0.25, 0.3) is 0 Å². The highest BCUT2D eigenvalue weighted by molar-refractivity contribution is 7.89. The molecule has 0 fully saturated rings. The lowest BCUT2D eigenvalue weighted by atomic mass is 10.1. The number of ether oxygens (including phenoxy) is 1. The summed E-state index contributed by atoms with van der Waals surface area (Å²) in [5.74, 6) is 0.360. The van der Waals surface area contributed by atoms with E-state index >= 15 is 0 Å². The summed E-state index contributed by atoms with van der Waals surface area (Å²) in [7, 11) is -2.08. The molecular formula is C21H29FN4O3S. The molecule has 0 aliphatic heterocycles. The molecule has 0 saturated carbocycles. The van der Waals surface area contributed by atoms with Crippen LogP contribution in [0.1, 0.15) is 18.1 Å². The van der Waals surface area contributed by atoms with Crippen LogP contribution in [-0.2, 0) is 27.7 Å². The maximum absolute atomic E-state index is 13.7. The van der Waals surface area contributed by atoms with Crippen molar-refractivity contribution in [3.63, 3.8) is 0 Å². The molecule has 0 saturated heterocycles. The van der Waals surface area contributed by atoms with Gasteiger partial charge < -0.3 is 15.4 Å². The van der Waals surface area contributed by atoms with E-state index in [1.165, 1.54) is 13.2 Å². The van der Waals surface area contributed by atoms with Crippen LogP contribution in [0, 0.1) is 5.82 Å². The molecule has 9 heteroatoms. The summed E-state index contributed by atoms with van der Waals surface area (Å²) >= 11 is 0. The minimum absolute atomic E-state index is 0.184. The van der Waals surface area contributed by atoms with E-state index in [4.69, 9.17) is 4.74 Å². The molecule has 2 rings (SSSR count). The van der Waals surface area contributed by atoms with E-state index < -0.39 is 10.0 Å². The number of nitrogens with one attached hydrogen (secondary N) is 3. The average Bonchev–Trinajstić information content (AvgIpc) is 2.73. The Bertz CT molecular complexity index is 935. The summed E-state index contributed by atoms with van der Waals surface area (Å²) in [4.78, 5) is 4.69. The highest BCUT2D eigenvalue weighted by Crippen LogP contribution is 2.12. The van der Waals surface area contributed by atoms with Gasteiger partial charge in [0.2, 0.25) is 10.0 Å². The van der Waals surface area contributed by atoms with Crippen molar-refractivity contribution in [2.45, 2.75) is 24.8 Å². The number of benzene rings is 2. The fourth-order valence-electron chi connectivity index (χ4n) is 2.70. The smallest absolute Gasteiger partial charge is 0.240 e. The molecule has 0 radical (unpaired) electrons. The molecule has 2 aromatic rings. The molecular weight excluding hydrogens is 407 g/mol. The number of aliphatic imine (C=N–C) groups is 1. The molecule has 0 aliphatic carbocycles. The van der Waals surface area contributed by atoms with Crippen LogP contribution in [0.5, 0.6) is 0 Å². The van der Waals surface area contributed by atoms with Gasteiger partial charge in [-0.2, -0.15) is 0 Å². The Morgan fingerprint density at radius 1 is 1.10 bits per heavy atom. The summed E-state index contributed by atoms with van der Waals surface area (Å²) in [5, 5.41) is 6.31. The van der Waals surface area contributed by atoms with Crippen molar-refractivity contribution in [3.8, 4) is 0 Å². The lowest BCUT2D eigenvalue weighted by molar-refractivity contribution is 0.204. The van der Waals surface area contributed by atoms with Gasteiger partial charge in [-0.15, -0.1) is 0 Å². The first-order chi connectivity index (χ1) is 14.5. The molecule has 0 spiro atoms. The number of hydrogen-bond donors (Lipinski definition) is 3. The van der Waals surface area contributed by atoms with Gasteiger partial charge in [-0.05, 0) is 42.7 Å². The average molecular weight is 437 g/mol. The summed E-state index contributed by atoms with van der Waals surface area (Å²) in [6.45, 7) is 3.95. The van der Waals surface area contributed by atoms with Crippen molar-refractivity contribution < 1.29 is 17.5 Å². The van der Waals surface area contributed by atoms with Crippen molar-refractivity contribution in [2.75, 3.05) is 33.4 Å². The first-order valence-corrected chi connectivity index (χ1v) is 11.3. The maximum atomic E-state index is 13.7. The number of halogens is 1. The van der Waals surface area contributed by atoms with Gasteiger partial charge in [0.1, 0.15) is 5.82 Å². The number of sulfonamides is 1. The van der Waals surface area contributed by atoms with Gasteiger partial charge >= 0.3 is 0 Å². The van der Waals surface area contributed by atoms with Crippen LogP contribution in [0.2, 0.25) is 0 Å². The van der Waals surface area contributed by atoms with Crippen LogP contribution in [0.15, 0.2) is 58.4 Å². The Morgan fingerprint density at radius 2 is 1.90 bits per heavy atom. The molecule has 7 nitrogen and oxygen atoms in total. The van der Waals surface area contributed by atoms with Crippen molar-refractivity contribution >= 4 is 16.0 Å². The van der Waals surface area contributed by atoms with Gasteiger partial charge in [-0.3, -0.25) is 0 Å². The minimum atomic E-state index is -3.60. The second-order valence-electron chi connectivity index (χ2n) is 6.50. The Morgan fingerprint density at radius 3 is 2.63 bits per heavy atom. The fourth-order valence-corrected chi connectivity index (χ4v) is 3.78. The normalized spacial score (nSPS) is 12.0. The molecule has 30 heavy (non-hydrogen) atoms. The Balaban J connectivity index is 1.99. The Hall–Kier alpha value is -2.49. The van der Waals surface area contributed by atoms with E-state index in [1.807, 2.05) is 19.1 Å². The van der Waals surface area contributed by atoms with Gasteiger partial charge in [-0.1, -0.05) is 30.3 Å². The molecule has 2 aromatic carbocycles. The van der Waals surface area contributed by atoms with Crippen LogP contribution in [0.25, 0.3) is 0 Å². The third kappa shape index (κ3) is 7.74. The van der Waals surface area contributed by atoms with Gasteiger partial charge in [0.15, 0.2) is 5.96 Å². The number of methoxy groups -OCH3 is 1. The topological polar surface area (TPSA) is 91.8 Å². The lowest BCUT2D eigenvalue weighted by Crippen LogP contribution is -2.38. The van der Waals surface area contributed by atoms with Crippen molar-refractivity contribution in [2.24, 2.45) is 4.99 Å². The standard InChI is InChI=1S/C21H29FN4O3S/c1-3-23-21(24-12-11-18-8-4-5-10-20(18)22)25-16-17-7-6-9-19(15-17)30(27,28)26-13-14-29-2/h4-10,15,26H,3,11-14,16H2,1-2H3,(H2,23,24,25). The zero-order valence-electron chi connectivity index (χ0n) is 17.3. The molecule has 0 amide bonds. The van der Waals surface area contributed by atoms with Crippen LogP contribution in [0.4, 0.5) is 4.39 Å². The van der Waals surface area contributed by atoms with Crippen LogP contribution in [-0.4, -0.2) is 47.7 Å². The summed E-state index contributed by atoms with van der Waals surface area (Å²) in [6, 6.07) is 13.3. The summed E-state index contributed by atoms with van der Waals surface area (Å²) < 4.78 is 45.8. The molecule has 0 heterocycles. The second-order valence-corrected chi connectivity index (χ2v) is 8.27. The van der Waals surface area contributed by atoms with Gasteiger partial charge in [0.05, 0.1) is 18.0 Å². The molecule has 0 unspecified atom stereocenters. The van der Waals surface area contributed by atoms with Crippen molar-refractivity contribution in [1.82, 2.24) is 15.4 Å². The van der Waals surface area contributed by atoms with Crippen LogP contribution < -0.4 is 15.4 Å². The minimum Gasteiger partial charge on any atom is -0.383 e. The lowest BCUT2D eigenvalue weighted by Gasteiger charge is -2.12. The number of guanidine groups is 1. The number of nitrogens with zero attached hydrogens (tertiary/aromatic N) is 1. The first kappa shape index (κ1) is 23.8. The molecule has 3 N–H and O–H groups in total. The van der Waals surface area contributed by atoms with E-state index in [0.29, 0.717) is 44.2 Å². The summed E-state index contributed by atoms with van der Waals surface area (Å²) in [5.41, 5.74) is 1.40. The highest BCUT2D eigenvalue weighted by atomic mass is 32.2. The molecule has 0 bridgehead atoms. The predicted molar refractivity (Wildman–Crippen MR) is 116 cm³/mol. The quantitative estimate of drug-likeness (QED) is 0.285. The third-order valence-electron chi connectivity index (χ3n) is 4.22. The monoisotopic (exact) mass is 436 g/mol. The van der Waals surface area contributed by atoms with E-state index in [9.17, 15) is 12.8 Å². The largest absolute Gasteiger partial charge is 0.383 e. The predicted octanol–water partition coefficient (Wildman–Crippen LogP) is 2.05. The Kier molecular flexibility index (Phi) is 9.72. The van der Waals surface area contributed by atoms with E-state index in [0.717, 1.165) is 5.56 Å². The zero-order valence-corrected chi connectivity index (χ0v) is 18.1. The first-order valence-electron chi connectivity index (χ1n) is 9.79. The van der Waals surface area contributed by atoms with E-state index in [-0.39, 0.29) is 17.3 Å². The number of hydrogen-bond acceptors (Lipinski definition) is 4. The molecule has 0 aromatic heterocycles. The third-order valence-corrected chi connectivity index (χ3v) is 5.67. The second kappa shape index (κ2) is 12.3. The van der Waals surface area contributed by atoms with E-state index in [1.54, 1.807) is 30.3 Å². The highest BCUT2D eigenvalue weighted by Gasteiger charge is 2.13. The number of rotatable bonds is 11.